The molecule has 0 saturated heterocycles. The van der Waals surface area contributed by atoms with E-state index in [1.165, 1.54) is 25.3 Å². The van der Waals surface area contributed by atoms with Crippen LogP contribution < -0.4 is 15.8 Å². The van der Waals surface area contributed by atoms with Gasteiger partial charge in [0.2, 0.25) is 5.91 Å². The maximum Gasteiger partial charge on any atom is 0.422 e. The molecule has 0 aliphatic heterocycles. The fraction of sp³-hybridized carbons (Fsp3) is 0.417. The molecule has 5 nitrogen and oxygen atoms in total. The number of ether oxygens (including phenoxy) is 2. The Labute approximate surface area is 124 Å². The van der Waals surface area contributed by atoms with Crippen LogP contribution in [0.3, 0.4) is 0 Å². The van der Waals surface area contributed by atoms with E-state index in [2.05, 4.69) is 10.1 Å². The Morgan fingerprint density at radius 1 is 1.48 bits per heavy atom. The zero-order valence-electron chi connectivity index (χ0n) is 11.0. The summed E-state index contributed by atoms with van der Waals surface area (Å²) in [7, 11) is 1.37. The van der Waals surface area contributed by atoms with E-state index >= 15 is 0 Å². The number of amides is 1. The van der Waals surface area contributed by atoms with Crippen molar-refractivity contribution in [1.82, 2.24) is 0 Å². The Kier molecular flexibility index (Phi) is 6.25. The summed E-state index contributed by atoms with van der Waals surface area (Å²) in [5.74, 6) is -0.786. The fourth-order valence-electron chi connectivity index (χ4n) is 1.37. The molecule has 0 aromatic heterocycles. The molecule has 0 saturated carbocycles. The van der Waals surface area contributed by atoms with Crippen LogP contribution in [0.4, 0.5) is 18.9 Å². The molecular formula is C12H14ClF3N2O3. The zero-order valence-corrected chi connectivity index (χ0v) is 11.8. The van der Waals surface area contributed by atoms with Gasteiger partial charge >= 0.3 is 6.18 Å². The van der Waals surface area contributed by atoms with Crippen LogP contribution in [0.1, 0.15) is 0 Å². The Hall–Kier alpha value is -1.51. The smallest absolute Gasteiger partial charge is 0.422 e. The molecule has 0 aliphatic rings. The summed E-state index contributed by atoms with van der Waals surface area (Å²) in [5.41, 5.74) is 5.52. The predicted octanol–water partition coefficient (Wildman–Crippen LogP) is 2.19. The second-order valence-corrected chi connectivity index (χ2v) is 4.53. The van der Waals surface area contributed by atoms with Gasteiger partial charge in [-0.3, -0.25) is 4.79 Å². The van der Waals surface area contributed by atoms with Crippen LogP contribution >= 0.6 is 11.6 Å². The first-order chi connectivity index (χ1) is 9.73. The lowest BCUT2D eigenvalue weighted by molar-refractivity contribution is -0.153. The summed E-state index contributed by atoms with van der Waals surface area (Å²) >= 11 is 5.75. The molecule has 1 rings (SSSR count). The molecule has 0 spiro atoms. The van der Waals surface area contributed by atoms with Crippen molar-refractivity contribution in [1.29, 1.82) is 0 Å². The van der Waals surface area contributed by atoms with Gasteiger partial charge in [0, 0.05) is 12.1 Å². The summed E-state index contributed by atoms with van der Waals surface area (Å²) < 4.78 is 45.8. The number of hydrogen-bond donors (Lipinski definition) is 2. The number of benzene rings is 1. The Bertz CT molecular complexity index is 497. The number of halogens is 4. The second kappa shape index (κ2) is 7.48. The highest BCUT2D eigenvalue weighted by atomic mass is 35.5. The van der Waals surface area contributed by atoms with Crippen molar-refractivity contribution in [2.75, 3.05) is 25.6 Å². The van der Waals surface area contributed by atoms with Crippen molar-refractivity contribution in [3.8, 4) is 5.75 Å². The van der Waals surface area contributed by atoms with Gasteiger partial charge in [0.15, 0.2) is 6.61 Å². The van der Waals surface area contributed by atoms with E-state index in [4.69, 9.17) is 22.1 Å². The average molecular weight is 327 g/mol. The highest BCUT2D eigenvalue weighted by Gasteiger charge is 2.29. The van der Waals surface area contributed by atoms with Crippen molar-refractivity contribution in [2.24, 2.45) is 5.73 Å². The molecule has 1 amide bonds. The van der Waals surface area contributed by atoms with Crippen molar-refractivity contribution < 1.29 is 27.4 Å². The lowest BCUT2D eigenvalue weighted by Gasteiger charge is -2.16. The van der Waals surface area contributed by atoms with Gasteiger partial charge in [0.05, 0.1) is 12.3 Å². The molecule has 1 atom stereocenters. The van der Waals surface area contributed by atoms with Crippen LogP contribution in [0.5, 0.6) is 5.75 Å². The van der Waals surface area contributed by atoms with Gasteiger partial charge < -0.3 is 20.5 Å². The number of methoxy groups -OCH3 is 1. The summed E-state index contributed by atoms with van der Waals surface area (Å²) in [6.45, 7) is -1.52. The minimum absolute atomic E-state index is 0.00306. The van der Waals surface area contributed by atoms with Crippen LogP contribution in [0.2, 0.25) is 5.02 Å². The topological polar surface area (TPSA) is 73.6 Å². The number of alkyl halides is 3. The van der Waals surface area contributed by atoms with E-state index in [9.17, 15) is 18.0 Å². The van der Waals surface area contributed by atoms with Gasteiger partial charge in [-0.05, 0) is 18.2 Å². The molecule has 0 bridgehead atoms. The van der Waals surface area contributed by atoms with Crippen LogP contribution in [0.15, 0.2) is 18.2 Å². The molecule has 3 N–H and O–H groups in total. The number of hydrogen-bond acceptors (Lipinski definition) is 4. The first kappa shape index (κ1) is 17.5. The molecule has 0 heterocycles. The van der Waals surface area contributed by atoms with Crippen LogP contribution in [0.25, 0.3) is 0 Å². The first-order valence-corrected chi connectivity index (χ1v) is 6.15. The lowest BCUT2D eigenvalue weighted by Crippen LogP contribution is -2.39. The highest BCUT2D eigenvalue weighted by molar-refractivity contribution is 6.31. The number of carbonyl (C=O) groups excluding carboxylic acids is 1. The zero-order chi connectivity index (χ0) is 16.0. The summed E-state index contributed by atoms with van der Waals surface area (Å²) in [4.78, 5) is 11.7. The van der Waals surface area contributed by atoms with E-state index in [1.54, 1.807) is 0 Å². The molecule has 21 heavy (non-hydrogen) atoms. The second-order valence-electron chi connectivity index (χ2n) is 4.10. The number of anilines is 1. The predicted molar refractivity (Wildman–Crippen MR) is 71.5 cm³/mol. The summed E-state index contributed by atoms with van der Waals surface area (Å²) in [6, 6.07) is 2.87. The van der Waals surface area contributed by atoms with Gasteiger partial charge in [0.1, 0.15) is 11.8 Å². The molecule has 0 aliphatic carbocycles. The molecule has 0 fully saturated rings. The largest absolute Gasteiger partial charge is 0.482 e. The third-order valence-corrected chi connectivity index (χ3v) is 2.51. The number of carbonyl (C=O) groups is 1. The van der Waals surface area contributed by atoms with Crippen molar-refractivity contribution >= 4 is 23.2 Å². The van der Waals surface area contributed by atoms with Crippen molar-refractivity contribution in [3.63, 3.8) is 0 Å². The van der Waals surface area contributed by atoms with Crippen LogP contribution in [0, 0.1) is 0 Å². The Balaban J connectivity index is 2.84. The minimum atomic E-state index is -4.49. The number of nitrogens with two attached hydrogens (primary N) is 1. The summed E-state index contributed by atoms with van der Waals surface area (Å²) in [6.07, 6.45) is -4.49. The molecule has 118 valence electrons. The normalized spacial score (nSPS) is 12.9. The molecule has 1 aromatic carbocycles. The van der Waals surface area contributed by atoms with E-state index in [-0.39, 0.29) is 23.1 Å². The van der Waals surface area contributed by atoms with Gasteiger partial charge in [-0.15, -0.1) is 0 Å². The van der Waals surface area contributed by atoms with Crippen LogP contribution in [-0.4, -0.2) is 38.4 Å². The highest BCUT2D eigenvalue weighted by Crippen LogP contribution is 2.29. The SMILES string of the molecule is COCC(N)C(=O)Nc1cc(Cl)ccc1OCC(F)(F)F. The van der Waals surface area contributed by atoms with E-state index in [0.29, 0.717) is 0 Å². The van der Waals surface area contributed by atoms with E-state index < -0.39 is 24.7 Å². The number of rotatable bonds is 6. The Morgan fingerprint density at radius 2 is 2.14 bits per heavy atom. The van der Waals surface area contributed by atoms with Gasteiger partial charge in [-0.1, -0.05) is 11.6 Å². The average Bonchev–Trinajstić information content (AvgIpc) is 2.37. The van der Waals surface area contributed by atoms with Crippen LogP contribution in [-0.2, 0) is 9.53 Å². The third-order valence-electron chi connectivity index (χ3n) is 2.27. The molecule has 9 heteroatoms. The Morgan fingerprint density at radius 3 is 2.71 bits per heavy atom. The third kappa shape index (κ3) is 6.19. The lowest BCUT2D eigenvalue weighted by atomic mass is 10.2. The first-order valence-electron chi connectivity index (χ1n) is 5.77. The molecular weight excluding hydrogens is 313 g/mol. The van der Waals surface area contributed by atoms with E-state index in [1.807, 2.05) is 0 Å². The molecule has 1 aromatic rings. The van der Waals surface area contributed by atoms with Crippen molar-refractivity contribution in [3.05, 3.63) is 23.2 Å². The molecule has 1 unspecified atom stereocenters. The monoisotopic (exact) mass is 326 g/mol. The molecule has 0 radical (unpaired) electrons. The standard InChI is InChI=1S/C12H14ClF3N2O3/c1-20-5-8(17)11(19)18-9-4-7(13)2-3-10(9)21-6-12(14,15)16/h2-4,8H,5-6,17H2,1H3,(H,18,19). The van der Waals surface area contributed by atoms with E-state index in [0.717, 1.165) is 0 Å². The quantitative estimate of drug-likeness (QED) is 0.840. The fourth-order valence-corrected chi connectivity index (χ4v) is 1.54. The van der Waals surface area contributed by atoms with Gasteiger partial charge in [-0.25, -0.2) is 0 Å². The maximum absolute atomic E-state index is 12.2. The van der Waals surface area contributed by atoms with Gasteiger partial charge in [0.25, 0.3) is 0 Å². The van der Waals surface area contributed by atoms with Crippen molar-refractivity contribution in [2.45, 2.75) is 12.2 Å². The minimum Gasteiger partial charge on any atom is -0.482 e. The number of nitrogens with one attached hydrogen (secondary N) is 1. The summed E-state index contributed by atoms with van der Waals surface area (Å²) in [5, 5.41) is 2.58. The van der Waals surface area contributed by atoms with Gasteiger partial charge in [-0.2, -0.15) is 13.2 Å². The maximum atomic E-state index is 12.2.